The molecule has 1 aromatic heterocycles. The number of likely N-dealkylation sites (N-methyl/N-ethyl adjacent to an activating group) is 1. The van der Waals surface area contributed by atoms with Crippen LogP contribution in [0.15, 0.2) is 41.3 Å². The lowest BCUT2D eigenvalue weighted by molar-refractivity contribution is -0.159. The molecule has 4 aliphatic heterocycles. The van der Waals surface area contributed by atoms with E-state index in [1.54, 1.807) is 49.9 Å². The highest BCUT2D eigenvalue weighted by Gasteiger charge is 2.45. The van der Waals surface area contributed by atoms with Gasteiger partial charge in [-0.05, 0) is 67.5 Å². The molecule has 64 heavy (non-hydrogen) atoms. The van der Waals surface area contributed by atoms with Gasteiger partial charge in [-0.3, -0.25) is 33.8 Å². The number of likely N-dealkylation sites (tertiary alicyclic amines) is 1. The number of nitrogens with one attached hydrogen (secondary N) is 2. The number of aromatic nitrogens is 1. The van der Waals surface area contributed by atoms with E-state index in [1.165, 1.54) is 13.1 Å². The molecule has 0 aliphatic carbocycles. The summed E-state index contributed by atoms with van der Waals surface area (Å²) in [7, 11) is 7.96. The molecule has 0 saturated carbocycles. The third-order valence-electron chi connectivity index (χ3n) is 12.9. The number of morpholine rings is 1. The van der Waals surface area contributed by atoms with Crippen molar-refractivity contribution < 1.29 is 47.7 Å². The number of hydrogen-bond donors (Lipinski definition) is 2. The van der Waals surface area contributed by atoms with Crippen molar-refractivity contribution in [2.24, 2.45) is 7.05 Å². The first-order valence-electron chi connectivity index (χ1n) is 21.7. The summed E-state index contributed by atoms with van der Waals surface area (Å²) in [4.78, 5) is 96.4. The largest absolute Gasteiger partial charge is 0.496 e. The van der Waals surface area contributed by atoms with Crippen LogP contribution in [0.2, 0.25) is 0 Å². The van der Waals surface area contributed by atoms with Crippen molar-refractivity contribution in [3.05, 3.63) is 74.7 Å². The zero-order valence-corrected chi connectivity index (χ0v) is 37.2. The van der Waals surface area contributed by atoms with Gasteiger partial charge in [0.2, 0.25) is 11.8 Å². The number of methoxy groups -OCH3 is 2. The number of rotatable bonds is 15. The maximum Gasteiger partial charge on any atom is 0.317 e. The standard InChI is InChI=1S/C46H57N7O11/c1-47-41(56)35(10-7-20-54)53-43(58)31-9-6-11-36(40(31)44(53)59)63-21-8-12-39(55)52-19-22-64-46(28-52)14-17-50(18-15-46)26-34-37(61-4)23-29(24-38(34)62-5)32-25-49(3)42(57)33-27-51(45(60)48-2)16-13-30(32)33/h6,9,11,20,23-25,35H,7-8,10,12-19,21-22,26-28H2,1-5H3,(H,47,56)(H,48,60). The van der Waals surface area contributed by atoms with Gasteiger partial charge < -0.3 is 48.7 Å². The van der Waals surface area contributed by atoms with Crippen LogP contribution in [0, 0.1) is 0 Å². The number of urea groups is 1. The highest BCUT2D eigenvalue weighted by Crippen LogP contribution is 2.40. The number of fused-ring (bicyclic) bond motifs is 2. The Labute approximate surface area is 371 Å². The number of piperidine rings is 1. The molecule has 18 heteroatoms. The SMILES string of the molecule is CNC(=O)C(CCC=O)N1C(=O)c2cccc(OCCCC(=O)N3CCOC4(CCN(Cc5c(OC)cc(-c6cn(C)c(=O)c7c6CCN(C(=O)NC)C7)cc5OC)CC4)C3)c2C1=O. The highest BCUT2D eigenvalue weighted by atomic mass is 16.5. The van der Waals surface area contributed by atoms with Crippen LogP contribution in [0.5, 0.6) is 17.2 Å². The Morgan fingerprint density at radius 2 is 1.64 bits per heavy atom. The summed E-state index contributed by atoms with van der Waals surface area (Å²) in [6.45, 7) is 4.23. The summed E-state index contributed by atoms with van der Waals surface area (Å²) in [6.07, 6.45) is 5.04. The van der Waals surface area contributed by atoms with E-state index in [9.17, 15) is 33.6 Å². The summed E-state index contributed by atoms with van der Waals surface area (Å²) in [6, 6.07) is 7.30. The molecule has 2 fully saturated rings. The second kappa shape index (κ2) is 19.6. The molecule has 0 bridgehead atoms. The number of carbonyl (C=O) groups is 6. The molecule has 4 aliphatic rings. The predicted molar refractivity (Wildman–Crippen MR) is 233 cm³/mol. The van der Waals surface area contributed by atoms with Crippen LogP contribution in [0.25, 0.3) is 11.1 Å². The molecule has 1 spiro atoms. The molecular weight excluding hydrogens is 827 g/mol. The topological polar surface area (TPSA) is 198 Å². The average Bonchev–Trinajstić information content (AvgIpc) is 3.57. The van der Waals surface area contributed by atoms with Crippen LogP contribution >= 0.6 is 0 Å². The average molecular weight is 884 g/mol. The third kappa shape index (κ3) is 9.06. The number of ether oxygens (including phenoxy) is 4. The fourth-order valence-corrected chi connectivity index (χ4v) is 9.39. The second-order valence-corrected chi connectivity index (χ2v) is 16.6. The van der Waals surface area contributed by atoms with Crippen molar-refractivity contribution in [1.82, 2.24) is 34.8 Å². The summed E-state index contributed by atoms with van der Waals surface area (Å²) in [5, 5.41) is 5.12. The lowest BCUT2D eigenvalue weighted by atomic mass is 9.88. The molecule has 342 valence electrons. The maximum absolute atomic E-state index is 13.5. The van der Waals surface area contributed by atoms with Crippen molar-refractivity contribution in [2.45, 2.75) is 69.7 Å². The van der Waals surface area contributed by atoms with Gasteiger partial charge in [0.15, 0.2) is 0 Å². The zero-order chi connectivity index (χ0) is 45.7. The molecule has 5 heterocycles. The van der Waals surface area contributed by atoms with Crippen LogP contribution in [0.3, 0.4) is 0 Å². The first kappa shape index (κ1) is 45.7. The van der Waals surface area contributed by atoms with Gasteiger partial charge in [-0.1, -0.05) is 6.07 Å². The molecule has 2 N–H and O–H groups in total. The molecule has 1 unspecified atom stereocenters. The number of aldehydes is 1. The van der Waals surface area contributed by atoms with Gasteiger partial charge >= 0.3 is 6.03 Å². The number of hydrogen-bond acceptors (Lipinski definition) is 12. The van der Waals surface area contributed by atoms with Crippen molar-refractivity contribution >= 4 is 35.9 Å². The van der Waals surface area contributed by atoms with Crippen molar-refractivity contribution in [1.29, 1.82) is 0 Å². The van der Waals surface area contributed by atoms with E-state index in [2.05, 4.69) is 15.5 Å². The Balaban J connectivity index is 0.947. The second-order valence-electron chi connectivity index (χ2n) is 16.6. The van der Waals surface area contributed by atoms with E-state index >= 15 is 0 Å². The Morgan fingerprint density at radius 1 is 0.906 bits per heavy atom. The quantitative estimate of drug-likeness (QED) is 0.129. The number of carbonyl (C=O) groups excluding carboxylic acids is 6. The molecule has 0 radical (unpaired) electrons. The maximum atomic E-state index is 13.5. The Morgan fingerprint density at radius 3 is 2.31 bits per heavy atom. The summed E-state index contributed by atoms with van der Waals surface area (Å²) in [5.41, 5.74) is 3.72. The number of aryl methyl sites for hydroxylation is 1. The molecule has 3 aromatic rings. The normalized spacial score (nSPS) is 17.4. The van der Waals surface area contributed by atoms with Gasteiger partial charge in [0, 0.05) is 90.6 Å². The Kier molecular flexibility index (Phi) is 14.0. The van der Waals surface area contributed by atoms with Gasteiger partial charge in [-0.25, -0.2) is 4.79 Å². The Bertz CT molecular complexity index is 2350. The molecule has 2 aromatic carbocycles. The van der Waals surface area contributed by atoms with Gasteiger partial charge in [0.1, 0.15) is 29.6 Å². The number of amides is 6. The smallest absolute Gasteiger partial charge is 0.317 e. The molecule has 7 rings (SSSR count). The molecule has 6 amide bonds. The van der Waals surface area contributed by atoms with Crippen molar-refractivity contribution in [2.75, 3.05) is 74.3 Å². The summed E-state index contributed by atoms with van der Waals surface area (Å²) >= 11 is 0. The van der Waals surface area contributed by atoms with E-state index in [4.69, 9.17) is 18.9 Å². The van der Waals surface area contributed by atoms with E-state index in [1.807, 2.05) is 23.2 Å². The molecule has 1 atom stereocenters. The van der Waals surface area contributed by atoms with E-state index in [-0.39, 0.29) is 66.8 Å². The first-order chi connectivity index (χ1) is 30.9. The van der Waals surface area contributed by atoms with Gasteiger partial charge in [0.05, 0.1) is 56.3 Å². The van der Waals surface area contributed by atoms with E-state index < -0.39 is 29.4 Å². The van der Waals surface area contributed by atoms with Crippen molar-refractivity contribution in [3.63, 3.8) is 0 Å². The lowest BCUT2D eigenvalue weighted by Gasteiger charge is -2.47. The van der Waals surface area contributed by atoms with Crippen LogP contribution in [-0.4, -0.2) is 146 Å². The van der Waals surface area contributed by atoms with Crippen LogP contribution < -0.4 is 30.4 Å². The van der Waals surface area contributed by atoms with Crippen LogP contribution in [-0.2, 0) is 45.7 Å². The van der Waals surface area contributed by atoms with E-state index in [0.29, 0.717) is 69.0 Å². The predicted octanol–water partition coefficient (Wildman–Crippen LogP) is 2.51. The van der Waals surface area contributed by atoms with Gasteiger partial charge in [-0.2, -0.15) is 0 Å². The number of pyridine rings is 1. The molecule has 2 saturated heterocycles. The fraction of sp³-hybridized carbons (Fsp3) is 0.500. The third-order valence-corrected chi connectivity index (χ3v) is 12.9. The minimum Gasteiger partial charge on any atom is -0.496 e. The number of nitrogens with zero attached hydrogens (tertiary/aromatic N) is 5. The zero-order valence-electron chi connectivity index (χ0n) is 37.2. The van der Waals surface area contributed by atoms with Crippen LogP contribution in [0.4, 0.5) is 4.79 Å². The fourth-order valence-electron chi connectivity index (χ4n) is 9.39. The van der Waals surface area contributed by atoms with E-state index in [0.717, 1.165) is 53.1 Å². The molecule has 18 nitrogen and oxygen atoms in total. The highest BCUT2D eigenvalue weighted by molar-refractivity contribution is 6.24. The lowest BCUT2D eigenvalue weighted by Crippen LogP contribution is -2.57. The monoisotopic (exact) mass is 883 g/mol. The number of benzene rings is 2. The summed E-state index contributed by atoms with van der Waals surface area (Å²) < 4.78 is 25.9. The van der Waals surface area contributed by atoms with Crippen molar-refractivity contribution in [3.8, 4) is 28.4 Å². The minimum absolute atomic E-state index is 0.000444. The van der Waals surface area contributed by atoms with Crippen LogP contribution in [0.1, 0.15) is 75.9 Å². The summed E-state index contributed by atoms with van der Waals surface area (Å²) in [5.74, 6) is -0.345. The van der Waals surface area contributed by atoms with Gasteiger partial charge in [-0.15, -0.1) is 0 Å². The minimum atomic E-state index is -1.14. The molecular formula is C46H57N7O11. The van der Waals surface area contributed by atoms with Gasteiger partial charge in [0.25, 0.3) is 17.4 Å². The Hall–Kier alpha value is -6.27. The first-order valence-corrected chi connectivity index (χ1v) is 21.7. The number of imide groups is 1.